The smallest absolute Gasteiger partial charge is 0.272 e. The van der Waals surface area contributed by atoms with Crippen LogP contribution in [0.2, 0.25) is 5.02 Å². The molecule has 0 spiro atoms. The van der Waals surface area contributed by atoms with Gasteiger partial charge in [-0.15, -0.1) is 0 Å². The quantitative estimate of drug-likeness (QED) is 0.446. The van der Waals surface area contributed by atoms with Gasteiger partial charge in [-0.1, -0.05) is 18.0 Å². The zero-order chi connectivity index (χ0) is 26.5. The van der Waals surface area contributed by atoms with Crippen molar-refractivity contribution < 1.29 is 23.2 Å². The Balaban J connectivity index is 1.35. The normalized spacial score (nSPS) is 20.4. The highest BCUT2D eigenvalue weighted by atomic mass is 35.5. The molecule has 37 heavy (non-hydrogen) atoms. The van der Waals surface area contributed by atoms with Gasteiger partial charge in [0, 0.05) is 31.1 Å². The number of nitrogens with one attached hydrogen (secondary N) is 2. The summed E-state index contributed by atoms with van der Waals surface area (Å²) in [6, 6.07) is 1.50. The first-order valence-corrected chi connectivity index (χ1v) is 12.9. The van der Waals surface area contributed by atoms with Crippen molar-refractivity contribution in [1.82, 2.24) is 19.8 Å². The third kappa shape index (κ3) is 6.45. The number of hydrogen-bond donors (Lipinski definition) is 3. The molecule has 12 heteroatoms. The minimum atomic E-state index is -1.10. The number of carbonyl (C=O) groups is 3. The first kappa shape index (κ1) is 27.0. The number of imidazole rings is 1. The average Bonchev–Trinajstić information content (AvgIpc) is 3.34. The van der Waals surface area contributed by atoms with Gasteiger partial charge in [0.05, 0.1) is 17.0 Å². The van der Waals surface area contributed by atoms with Crippen molar-refractivity contribution in [2.24, 2.45) is 11.7 Å². The van der Waals surface area contributed by atoms with E-state index in [4.69, 9.17) is 17.3 Å². The van der Waals surface area contributed by atoms with Gasteiger partial charge in [0.1, 0.15) is 5.69 Å². The van der Waals surface area contributed by atoms with E-state index in [1.165, 1.54) is 12.7 Å². The molecule has 4 N–H and O–H groups in total. The Labute approximate surface area is 218 Å². The molecule has 0 atom stereocenters. The standard InChI is InChI=1S/C25H31ClF2N6O3/c26-17-12-18(27)19(28)13-20(17)32-24(36)15-4-6-16(7-5-15)34-14-31-21(22(34)23(29)35)25(37)30-8-11-33-9-2-1-3-10-33/h12-16H,1-11H2,(H2,29,35)(H,30,37)(H,32,36). The van der Waals surface area contributed by atoms with E-state index in [1.54, 1.807) is 4.57 Å². The van der Waals surface area contributed by atoms with Crippen molar-refractivity contribution in [2.45, 2.75) is 51.0 Å². The van der Waals surface area contributed by atoms with Gasteiger partial charge in [0.2, 0.25) is 5.91 Å². The molecule has 1 aliphatic carbocycles. The summed E-state index contributed by atoms with van der Waals surface area (Å²) < 4.78 is 28.5. The number of likely N-dealkylation sites (tertiary alicyclic amines) is 1. The highest BCUT2D eigenvalue weighted by Crippen LogP contribution is 2.35. The van der Waals surface area contributed by atoms with Crippen molar-refractivity contribution in [1.29, 1.82) is 0 Å². The first-order valence-electron chi connectivity index (χ1n) is 12.6. The van der Waals surface area contributed by atoms with Crippen molar-refractivity contribution >= 4 is 35.0 Å². The molecule has 2 aliphatic rings. The summed E-state index contributed by atoms with van der Waals surface area (Å²) in [5.74, 6) is -4.11. The SMILES string of the molecule is NC(=O)c1c(C(=O)NCCN2CCCCC2)ncn1C1CCC(C(=O)Nc2cc(F)c(F)cc2Cl)CC1. The molecule has 200 valence electrons. The van der Waals surface area contributed by atoms with Gasteiger partial charge in [0.25, 0.3) is 11.8 Å². The van der Waals surface area contributed by atoms with Gasteiger partial charge >= 0.3 is 0 Å². The number of carbonyl (C=O) groups excluding carboxylic acids is 3. The minimum absolute atomic E-state index is 0.000936. The monoisotopic (exact) mass is 536 g/mol. The van der Waals surface area contributed by atoms with E-state index in [1.807, 2.05) is 0 Å². The number of piperidine rings is 1. The van der Waals surface area contributed by atoms with E-state index in [2.05, 4.69) is 20.5 Å². The Morgan fingerprint density at radius 1 is 1.05 bits per heavy atom. The largest absolute Gasteiger partial charge is 0.364 e. The fourth-order valence-electron chi connectivity index (χ4n) is 5.11. The van der Waals surface area contributed by atoms with E-state index in [0.717, 1.165) is 44.6 Å². The van der Waals surface area contributed by atoms with Crippen LogP contribution in [0.5, 0.6) is 0 Å². The molecule has 9 nitrogen and oxygen atoms in total. The van der Waals surface area contributed by atoms with E-state index in [0.29, 0.717) is 32.2 Å². The topological polar surface area (TPSA) is 122 Å². The highest BCUT2D eigenvalue weighted by Gasteiger charge is 2.31. The number of primary amides is 1. The van der Waals surface area contributed by atoms with E-state index in [9.17, 15) is 23.2 Å². The van der Waals surface area contributed by atoms with Crippen molar-refractivity contribution in [2.75, 3.05) is 31.5 Å². The number of rotatable bonds is 8. The number of benzene rings is 1. The maximum Gasteiger partial charge on any atom is 0.272 e. The van der Waals surface area contributed by atoms with Crippen LogP contribution in [0.1, 0.15) is 72.0 Å². The summed E-state index contributed by atoms with van der Waals surface area (Å²) in [6.07, 6.45) is 7.03. The lowest BCUT2D eigenvalue weighted by Gasteiger charge is -2.29. The van der Waals surface area contributed by atoms with Crippen LogP contribution in [0.25, 0.3) is 0 Å². The molecule has 3 amide bonds. The maximum absolute atomic E-state index is 13.5. The van der Waals surface area contributed by atoms with Gasteiger partial charge in [-0.05, 0) is 57.7 Å². The molecule has 2 fully saturated rings. The van der Waals surface area contributed by atoms with Crippen LogP contribution >= 0.6 is 11.6 Å². The van der Waals surface area contributed by atoms with Crippen molar-refractivity contribution in [3.05, 3.63) is 46.5 Å². The number of nitrogens with two attached hydrogens (primary N) is 1. The fraction of sp³-hybridized carbons (Fsp3) is 0.520. The van der Waals surface area contributed by atoms with Crippen LogP contribution in [0, 0.1) is 17.6 Å². The van der Waals surface area contributed by atoms with Gasteiger partial charge in [0.15, 0.2) is 17.3 Å². The summed E-state index contributed by atoms with van der Waals surface area (Å²) in [6.45, 7) is 3.23. The number of halogens is 3. The lowest BCUT2D eigenvalue weighted by molar-refractivity contribution is -0.121. The second-order valence-electron chi connectivity index (χ2n) is 9.61. The lowest BCUT2D eigenvalue weighted by Crippen LogP contribution is -2.38. The predicted octanol–water partition coefficient (Wildman–Crippen LogP) is 3.50. The molecule has 1 aromatic carbocycles. The predicted molar refractivity (Wildman–Crippen MR) is 134 cm³/mol. The average molecular weight is 537 g/mol. The van der Waals surface area contributed by atoms with Crippen LogP contribution in [0.3, 0.4) is 0 Å². The van der Waals surface area contributed by atoms with Crippen LogP contribution in [0.15, 0.2) is 18.5 Å². The van der Waals surface area contributed by atoms with Crippen LogP contribution in [0.4, 0.5) is 14.5 Å². The molecule has 1 saturated carbocycles. The molecule has 0 unspecified atom stereocenters. The molecule has 0 radical (unpaired) electrons. The number of anilines is 1. The molecule has 4 rings (SSSR count). The Hall–Kier alpha value is -3.05. The van der Waals surface area contributed by atoms with E-state index < -0.39 is 23.4 Å². The molecule has 1 aromatic heterocycles. The Morgan fingerprint density at radius 3 is 2.41 bits per heavy atom. The second kappa shape index (κ2) is 12.0. The number of hydrogen-bond acceptors (Lipinski definition) is 5. The first-order chi connectivity index (χ1) is 17.7. The fourth-order valence-corrected chi connectivity index (χ4v) is 5.31. The number of aromatic nitrogens is 2. The summed E-state index contributed by atoms with van der Waals surface area (Å²) >= 11 is 5.92. The van der Waals surface area contributed by atoms with Crippen LogP contribution in [-0.4, -0.2) is 58.4 Å². The molecule has 1 aliphatic heterocycles. The molecule has 0 bridgehead atoms. The highest BCUT2D eigenvalue weighted by molar-refractivity contribution is 6.33. The van der Waals surface area contributed by atoms with Gasteiger partial charge in [-0.3, -0.25) is 14.4 Å². The molecular formula is C25H31ClF2N6O3. The second-order valence-corrected chi connectivity index (χ2v) is 10.0. The zero-order valence-electron chi connectivity index (χ0n) is 20.4. The molecule has 1 saturated heterocycles. The van der Waals surface area contributed by atoms with E-state index >= 15 is 0 Å². The number of amides is 3. The van der Waals surface area contributed by atoms with Crippen LogP contribution < -0.4 is 16.4 Å². The number of nitrogens with zero attached hydrogens (tertiary/aromatic N) is 3. The van der Waals surface area contributed by atoms with Gasteiger partial charge in [-0.25, -0.2) is 13.8 Å². The van der Waals surface area contributed by atoms with Gasteiger partial charge in [-0.2, -0.15) is 0 Å². The Morgan fingerprint density at radius 2 is 1.73 bits per heavy atom. The minimum Gasteiger partial charge on any atom is -0.364 e. The Bertz CT molecular complexity index is 1160. The molecule has 2 heterocycles. The summed E-state index contributed by atoms with van der Waals surface area (Å²) in [5.41, 5.74) is 5.69. The zero-order valence-corrected chi connectivity index (χ0v) is 21.2. The summed E-state index contributed by atoms with van der Waals surface area (Å²) in [4.78, 5) is 44.2. The maximum atomic E-state index is 13.5. The third-order valence-electron chi connectivity index (χ3n) is 7.13. The summed E-state index contributed by atoms with van der Waals surface area (Å²) in [5, 5.41) is 5.31. The van der Waals surface area contributed by atoms with Crippen LogP contribution in [-0.2, 0) is 4.79 Å². The summed E-state index contributed by atoms with van der Waals surface area (Å²) in [7, 11) is 0. The molecular weight excluding hydrogens is 506 g/mol. The Kier molecular flexibility index (Phi) is 8.75. The van der Waals surface area contributed by atoms with Gasteiger partial charge < -0.3 is 25.8 Å². The third-order valence-corrected chi connectivity index (χ3v) is 7.45. The molecule has 2 aromatic rings. The van der Waals surface area contributed by atoms with E-state index in [-0.39, 0.29) is 40.0 Å². The lowest BCUT2D eigenvalue weighted by atomic mass is 9.85. The van der Waals surface area contributed by atoms with Crippen molar-refractivity contribution in [3.8, 4) is 0 Å². The van der Waals surface area contributed by atoms with Crippen molar-refractivity contribution in [3.63, 3.8) is 0 Å².